The zero-order valence-corrected chi connectivity index (χ0v) is 15.5. The molecule has 0 aromatic heterocycles. The van der Waals surface area contributed by atoms with Crippen LogP contribution in [0.25, 0.3) is 0 Å². The predicted molar refractivity (Wildman–Crippen MR) is 95.5 cm³/mol. The molecular weight excluding hydrogens is 370 g/mol. The van der Waals surface area contributed by atoms with Gasteiger partial charge in [0.1, 0.15) is 0 Å². The first kappa shape index (κ1) is 17.5. The Hall–Kier alpha value is -1.36. The van der Waals surface area contributed by atoms with Gasteiger partial charge in [0.15, 0.2) is 0 Å². The van der Waals surface area contributed by atoms with Gasteiger partial charge in [-0.3, -0.25) is 9.59 Å². The average Bonchev–Trinajstić information content (AvgIpc) is 3.31. The molecule has 130 valence electrons. The second kappa shape index (κ2) is 7.26. The van der Waals surface area contributed by atoms with E-state index in [-0.39, 0.29) is 23.7 Å². The van der Waals surface area contributed by atoms with E-state index < -0.39 is 5.97 Å². The number of hydrogen-bond acceptors (Lipinski definition) is 2. The lowest BCUT2D eigenvalue weighted by molar-refractivity contribution is -0.143. The monoisotopic (exact) mass is 393 g/mol. The van der Waals surface area contributed by atoms with E-state index in [2.05, 4.69) is 15.9 Å². The van der Waals surface area contributed by atoms with Crippen LogP contribution in [0.15, 0.2) is 28.7 Å². The molecule has 1 unspecified atom stereocenters. The van der Waals surface area contributed by atoms with Crippen LogP contribution in [-0.4, -0.2) is 35.0 Å². The Labute approximate surface area is 151 Å². The predicted octanol–water partition coefficient (Wildman–Crippen LogP) is 3.59. The molecule has 24 heavy (non-hydrogen) atoms. The smallest absolute Gasteiger partial charge is 0.308 e. The number of carbonyl (C=O) groups is 2. The van der Waals surface area contributed by atoms with Crippen LogP contribution in [0, 0.1) is 23.7 Å². The largest absolute Gasteiger partial charge is 0.481 e. The number of carbonyl (C=O) groups excluding carboxylic acids is 1. The lowest BCUT2D eigenvalue weighted by atomic mass is 9.92. The number of benzene rings is 1. The van der Waals surface area contributed by atoms with Crippen LogP contribution in [0.5, 0.6) is 0 Å². The first-order chi connectivity index (χ1) is 11.5. The number of nitrogens with zero attached hydrogens (tertiary/aromatic N) is 1. The van der Waals surface area contributed by atoms with Crippen molar-refractivity contribution in [1.29, 1.82) is 0 Å². The molecule has 4 nitrogen and oxygen atoms in total. The highest BCUT2D eigenvalue weighted by molar-refractivity contribution is 9.10. The van der Waals surface area contributed by atoms with E-state index in [1.165, 1.54) is 0 Å². The molecule has 1 N–H and O–H groups in total. The number of amides is 1. The third-order valence-electron chi connectivity index (χ3n) is 5.49. The van der Waals surface area contributed by atoms with Gasteiger partial charge in [-0.05, 0) is 49.1 Å². The summed E-state index contributed by atoms with van der Waals surface area (Å²) in [6.07, 6.45) is 3.69. The Balaban J connectivity index is 1.70. The molecule has 1 aliphatic heterocycles. The van der Waals surface area contributed by atoms with Gasteiger partial charge in [0.2, 0.25) is 5.91 Å². The lowest BCUT2D eigenvalue weighted by Crippen LogP contribution is -2.36. The quantitative estimate of drug-likeness (QED) is 0.803. The molecule has 1 heterocycles. The van der Waals surface area contributed by atoms with Crippen molar-refractivity contribution in [3.63, 3.8) is 0 Å². The highest BCUT2D eigenvalue weighted by Gasteiger charge is 2.47. The Kier molecular flexibility index (Phi) is 5.28. The van der Waals surface area contributed by atoms with E-state index in [1.54, 1.807) is 0 Å². The van der Waals surface area contributed by atoms with Gasteiger partial charge < -0.3 is 10.0 Å². The van der Waals surface area contributed by atoms with Crippen LogP contribution in [0.2, 0.25) is 0 Å². The third-order valence-corrected chi connectivity index (χ3v) is 6.26. The van der Waals surface area contributed by atoms with Gasteiger partial charge in [0.05, 0.1) is 5.92 Å². The fraction of sp³-hybridized carbons (Fsp3) is 0.579. The highest BCUT2D eigenvalue weighted by Crippen LogP contribution is 2.44. The summed E-state index contributed by atoms with van der Waals surface area (Å²) in [7, 11) is 0. The minimum Gasteiger partial charge on any atom is -0.481 e. The van der Waals surface area contributed by atoms with E-state index >= 15 is 0 Å². The Morgan fingerprint density at radius 1 is 1.29 bits per heavy atom. The van der Waals surface area contributed by atoms with Gasteiger partial charge in [-0.1, -0.05) is 41.1 Å². The maximum absolute atomic E-state index is 13.0. The summed E-state index contributed by atoms with van der Waals surface area (Å²) in [5.41, 5.74) is 1.13. The molecule has 3 atom stereocenters. The van der Waals surface area contributed by atoms with Crippen molar-refractivity contribution in [3.05, 3.63) is 34.3 Å². The lowest BCUT2D eigenvalue weighted by Gasteiger charge is -2.23. The summed E-state index contributed by atoms with van der Waals surface area (Å²) >= 11 is 3.55. The van der Waals surface area contributed by atoms with E-state index in [9.17, 15) is 14.7 Å². The van der Waals surface area contributed by atoms with Crippen molar-refractivity contribution >= 4 is 27.8 Å². The van der Waals surface area contributed by atoms with Gasteiger partial charge in [-0.15, -0.1) is 0 Å². The fourth-order valence-corrected chi connectivity index (χ4v) is 4.31. The summed E-state index contributed by atoms with van der Waals surface area (Å²) < 4.78 is 1.02. The van der Waals surface area contributed by atoms with Crippen LogP contribution in [0.4, 0.5) is 0 Å². The molecule has 2 fully saturated rings. The molecule has 1 aromatic carbocycles. The van der Waals surface area contributed by atoms with Crippen LogP contribution in [0.3, 0.4) is 0 Å². The molecule has 0 bridgehead atoms. The molecule has 1 saturated carbocycles. The van der Waals surface area contributed by atoms with Gasteiger partial charge in [-0.25, -0.2) is 0 Å². The topological polar surface area (TPSA) is 57.6 Å². The molecule has 1 aromatic rings. The number of carboxylic acid groups (broad SMARTS) is 1. The first-order valence-electron chi connectivity index (χ1n) is 8.76. The van der Waals surface area contributed by atoms with Crippen molar-refractivity contribution in [3.8, 4) is 0 Å². The van der Waals surface area contributed by atoms with Gasteiger partial charge >= 0.3 is 5.97 Å². The summed E-state index contributed by atoms with van der Waals surface area (Å²) in [6.45, 7) is 3.03. The molecule has 1 amide bonds. The van der Waals surface area contributed by atoms with Crippen molar-refractivity contribution < 1.29 is 14.7 Å². The van der Waals surface area contributed by atoms with Crippen molar-refractivity contribution in [2.75, 3.05) is 13.1 Å². The van der Waals surface area contributed by atoms with E-state index in [1.807, 2.05) is 36.1 Å². The molecule has 5 heteroatoms. The Morgan fingerprint density at radius 3 is 2.58 bits per heavy atom. The van der Waals surface area contributed by atoms with Crippen LogP contribution < -0.4 is 0 Å². The molecule has 1 saturated heterocycles. The number of likely N-dealkylation sites (tertiary alicyclic amines) is 1. The van der Waals surface area contributed by atoms with E-state index in [4.69, 9.17) is 0 Å². The molecule has 3 rings (SSSR count). The minimum absolute atomic E-state index is 0.0869. The number of carboxylic acids is 1. The summed E-state index contributed by atoms with van der Waals surface area (Å²) in [4.78, 5) is 26.3. The maximum atomic E-state index is 13.0. The van der Waals surface area contributed by atoms with Crippen LogP contribution in [-0.2, 0) is 16.0 Å². The Bertz CT molecular complexity index is 629. The number of rotatable bonds is 6. The fourth-order valence-electron chi connectivity index (χ4n) is 3.87. The number of halogens is 1. The van der Waals surface area contributed by atoms with Gasteiger partial charge in [0.25, 0.3) is 0 Å². The normalized spacial score (nSPS) is 24.8. The first-order valence-corrected chi connectivity index (χ1v) is 9.55. The SMILES string of the molecule is CCC(Cc1ccccc1Br)C(=O)N1C[C@H](C(=O)O)[C@@H](C2CC2)C1. The number of hydrogen-bond donors (Lipinski definition) is 1. The second-order valence-corrected chi connectivity index (χ2v) is 7.94. The molecule has 1 aliphatic carbocycles. The van der Waals surface area contributed by atoms with E-state index in [0.29, 0.717) is 25.4 Å². The van der Waals surface area contributed by atoms with Gasteiger partial charge in [0, 0.05) is 23.5 Å². The summed E-state index contributed by atoms with van der Waals surface area (Å²) in [5, 5.41) is 9.48. The van der Waals surface area contributed by atoms with Crippen LogP contribution in [0.1, 0.15) is 31.7 Å². The van der Waals surface area contributed by atoms with Crippen LogP contribution >= 0.6 is 15.9 Å². The molecular formula is C19H24BrNO3. The molecule has 0 spiro atoms. The van der Waals surface area contributed by atoms with Crippen molar-refractivity contribution in [1.82, 2.24) is 4.90 Å². The third kappa shape index (κ3) is 3.66. The molecule has 0 radical (unpaired) electrons. The summed E-state index contributed by atoms with van der Waals surface area (Å²) in [5.74, 6) is -0.457. The van der Waals surface area contributed by atoms with Crippen molar-refractivity contribution in [2.45, 2.75) is 32.6 Å². The van der Waals surface area contributed by atoms with Gasteiger partial charge in [-0.2, -0.15) is 0 Å². The highest BCUT2D eigenvalue weighted by atomic mass is 79.9. The Morgan fingerprint density at radius 2 is 2.00 bits per heavy atom. The van der Waals surface area contributed by atoms with E-state index in [0.717, 1.165) is 29.3 Å². The zero-order valence-electron chi connectivity index (χ0n) is 14.0. The zero-order chi connectivity index (χ0) is 17.3. The average molecular weight is 394 g/mol. The standard InChI is InChI=1S/C19H24BrNO3/c1-2-12(9-14-5-3-4-6-17(14)20)18(22)21-10-15(13-7-8-13)16(11-21)19(23)24/h3-6,12-13,15-16H,2,7-11H2,1H3,(H,23,24)/t12?,15-,16+/m1/s1. The number of aliphatic carboxylic acids is 1. The molecule has 2 aliphatic rings. The second-order valence-electron chi connectivity index (χ2n) is 7.09. The summed E-state index contributed by atoms with van der Waals surface area (Å²) in [6, 6.07) is 7.98. The minimum atomic E-state index is -0.749. The maximum Gasteiger partial charge on any atom is 0.308 e. The van der Waals surface area contributed by atoms with Crippen molar-refractivity contribution in [2.24, 2.45) is 23.7 Å².